The molecule has 66 valence electrons. The molecule has 0 unspecified atom stereocenters. The van der Waals surface area contributed by atoms with Gasteiger partial charge in [0.05, 0.1) is 24.1 Å². The van der Waals surface area contributed by atoms with Crippen molar-refractivity contribution >= 4 is 17.5 Å². The second-order valence-corrected chi connectivity index (χ2v) is 2.90. The highest BCUT2D eigenvalue weighted by Gasteiger charge is 2.14. The highest BCUT2D eigenvalue weighted by atomic mass is 32.1. The average molecular weight is 195 g/mol. The largest absolute Gasteiger partial charge is 0.285 e. The molecule has 13 heavy (non-hydrogen) atoms. The molecule has 6 nitrogen and oxygen atoms in total. The first-order valence-electron chi connectivity index (χ1n) is 3.46. The third-order valence-corrected chi connectivity index (χ3v) is 1.90. The summed E-state index contributed by atoms with van der Waals surface area (Å²) in [4.78, 5) is 12.8. The molecule has 2 aromatic rings. The van der Waals surface area contributed by atoms with Gasteiger partial charge in [-0.05, 0) is 0 Å². The smallest absolute Gasteiger partial charge is 0.235 e. The molecule has 0 atom stereocenters. The number of hydrogen-bond donors (Lipinski definition) is 0. The topological polar surface area (TPSA) is 73.6 Å². The van der Waals surface area contributed by atoms with Crippen LogP contribution in [0.4, 0.5) is 0 Å². The zero-order valence-electron chi connectivity index (χ0n) is 6.71. The van der Waals surface area contributed by atoms with Crippen LogP contribution in [0, 0.1) is 0 Å². The van der Waals surface area contributed by atoms with Crippen molar-refractivity contribution in [2.45, 2.75) is 0 Å². The first-order valence-corrected chi connectivity index (χ1v) is 4.19. The predicted octanol–water partition coefficient (Wildman–Crippen LogP) is -0.102. The normalized spacial score (nSPS) is 10.2. The summed E-state index contributed by atoms with van der Waals surface area (Å²) in [5.41, 5.74) is 0.598. The summed E-state index contributed by atoms with van der Waals surface area (Å²) in [5.74, 6) is -0.248. The Hall–Kier alpha value is -1.63. The molecule has 0 aromatic carbocycles. The maximum Gasteiger partial charge on any atom is 0.235 e. The summed E-state index contributed by atoms with van der Waals surface area (Å²) >= 11 is 0.994. The van der Waals surface area contributed by atoms with E-state index in [1.807, 2.05) is 0 Å². The number of carbonyl (C=O) groups excluding carboxylic acids is 1. The van der Waals surface area contributed by atoms with Gasteiger partial charge in [0.15, 0.2) is 5.69 Å². The van der Waals surface area contributed by atoms with E-state index in [0.29, 0.717) is 5.69 Å². The zero-order valence-corrected chi connectivity index (χ0v) is 7.52. The Morgan fingerprint density at radius 3 is 2.85 bits per heavy atom. The van der Waals surface area contributed by atoms with E-state index in [9.17, 15) is 4.79 Å². The van der Waals surface area contributed by atoms with Crippen LogP contribution in [0.5, 0.6) is 0 Å². The van der Waals surface area contributed by atoms with Gasteiger partial charge >= 0.3 is 0 Å². The van der Waals surface area contributed by atoms with Gasteiger partial charge in [-0.15, -0.1) is 0 Å². The molecule has 2 heterocycles. The van der Waals surface area contributed by atoms with Gasteiger partial charge in [-0.25, -0.2) is 0 Å². The number of nitrogens with zero attached hydrogens (tertiary/aromatic N) is 5. The van der Waals surface area contributed by atoms with Crippen LogP contribution in [-0.4, -0.2) is 29.5 Å². The number of aryl methyl sites for hydroxylation is 1. The lowest BCUT2D eigenvalue weighted by Crippen LogP contribution is -2.03. The minimum atomic E-state index is -0.248. The Morgan fingerprint density at radius 1 is 1.46 bits per heavy atom. The van der Waals surface area contributed by atoms with Crippen LogP contribution in [0.1, 0.15) is 16.2 Å². The molecular formula is C6H5N5OS. The van der Waals surface area contributed by atoms with E-state index >= 15 is 0 Å². The molecule has 0 fully saturated rings. The van der Waals surface area contributed by atoms with Gasteiger partial charge in [0.2, 0.25) is 5.78 Å². The van der Waals surface area contributed by atoms with Crippen LogP contribution >= 0.6 is 11.7 Å². The molecule has 0 saturated carbocycles. The Labute approximate surface area is 77.5 Å². The molecule has 2 aromatic heterocycles. The Bertz CT molecular complexity index is 420. The van der Waals surface area contributed by atoms with Crippen molar-refractivity contribution in [3.63, 3.8) is 0 Å². The standard InChI is InChI=1S/C6H5N5OS/c1-11-7-2-4(9-11)6(12)5-3-8-13-10-5/h2-3H,1H3. The van der Waals surface area contributed by atoms with Gasteiger partial charge in [0.1, 0.15) is 5.69 Å². The molecule has 0 spiro atoms. The fraction of sp³-hybridized carbons (Fsp3) is 0.167. The fourth-order valence-corrected chi connectivity index (χ4v) is 1.26. The molecule has 0 aliphatic rings. The minimum absolute atomic E-state index is 0.248. The SMILES string of the molecule is Cn1ncc(C(=O)c2cnsn2)n1. The van der Waals surface area contributed by atoms with Gasteiger partial charge < -0.3 is 0 Å². The molecule has 0 radical (unpaired) electrons. The van der Waals surface area contributed by atoms with Crippen molar-refractivity contribution in [2.75, 3.05) is 0 Å². The van der Waals surface area contributed by atoms with Gasteiger partial charge in [0.25, 0.3) is 0 Å². The molecule has 0 aliphatic carbocycles. The zero-order chi connectivity index (χ0) is 9.26. The quantitative estimate of drug-likeness (QED) is 0.625. The van der Waals surface area contributed by atoms with E-state index in [1.165, 1.54) is 17.2 Å². The lowest BCUT2D eigenvalue weighted by Gasteiger charge is -1.87. The Balaban J connectivity index is 2.33. The molecule has 0 amide bonds. The minimum Gasteiger partial charge on any atom is -0.285 e. The van der Waals surface area contributed by atoms with E-state index < -0.39 is 0 Å². The van der Waals surface area contributed by atoms with E-state index in [1.54, 1.807) is 7.05 Å². The lowest BCUT2D eigenvalue weighted by molar-refractivity contribution is 0.103. The van der Waals surface area contributed by atoms with Crippen molar-refractivity contribution < 1.29 is 4.79 Å². The number of hydrogen-bond acceptors (Lipinski definition) is 6. The molecule has 7 heteroatoms. The molecule has 0 aliphatic heterocycles. The third-order valence-electron chi connectivity index (χ3n) is 1.43. The van der Waals surface area contributed by atoms with Gasteiger partial charge in [-0.2, -0.15) is 23.7 Å². The van der Waals surface area contributed by atoms with Crippen molar-refractivity contribution in [1.29, 1.82) is 0 Å². The number of aromatic nitrogens is 5. The van der Waals surface area contributed by atoms with Crippen LogP contribution in [0.25, 0.3) is 0 Å². The van der Waals surface area contributed by atoms with Crippen molar-refractivity contribution in [3.05, 3.63) is 23.8 Å². The first-order chi connectivity index (χ1) is 6.27. The van der Waals surface area contributed by atoms with Gasteiger partial charge in [0, 0.05) is 7.05 Å². The monoisotopic (exact) mass is 195 g/mol. The lowest BCUT2D eigenvalue weighted by atomic mass is 10.2. The second kappa shape index (κ2) is 3.02. The summed E-state index contributed by atoms with van der Waals surface area (Å²) in [5, 5.41) is 7.65. The van der Waals surface area contributed by atoms with Crippen LogP contribution < -0.4 is 0 Å². The van der Waals surface area contributed by atoms with Crippen LogP contribution in [0.15, 0.2) is 12.4 Å². The Morgan fingerprint density at radius 2 is 2.31 bits per heavy atom. The van der Waals surface area contributed by atoms with E-state index in [4.69, 9.17) is 0 Å². The first kappa shape index (κ1) is 7.99. The van der Waals surface area contributed by atoms with Crippen LogP contribution in [0.3, 0.4) is 0 Å². The molecule has 0 N–H and O–H groups in total. The van der Waals surface area contributed by atoms with Gasteiger partial charge in [-0.3, -0.25) is 4.79 Å². The maximum atomic E-state index is 11.5. The summed E-state index contributed by atoms with van der Waals surface area (Å²) in [6.07, 6.45) is 2.82. The van der Waals surface area contributed by atoms with Crippen LogP contribution in [-0.2, 0) is 7.05 Å². The number of carbonyl (C=O) groups is 1. The average Bonchev–Trinajstić information content (AvgIpc) is 2.72. The van der Waals surface area contributed by atoms with Gasteiger partial charge in [-0.1, -0.05) is 0 Å². The summed E-state index contributed by atoms with van der Waals surface area (Å²) in [7, 11) is 1.65. The summed E-state index contributed by atoms with van der Waals surface area (Å²) in [6.45, 7) is 0. The summed E-state index contributed by atoms with van der Waals surface area (Å²) < 4.78 is 7.54. The third kappa shape index (κ3) is 1.45. The number of rotatable bonds is 2. The number of ketones is 1. The van der Waals surface area contributed by atoms with Crippen molar-refractivity contribution in [1.82, 2.24) is 23.7 Å². The highest BCUT2D eigenvalue weighted by Crippen LogP contribution is 2.03. The predicted molar refractivity (Wildman–Crippen MR) is 44.3 cm³/mol. The van der Waals surface area contributed by atoms with E-state index in [0.717, 1.165) is 11.7 Å². The molecular weight excluding hydrogens is 190 g/mol. The Kier molecular flexibility index (Phi) is 1.85. The maximum absolute atomic E-state index is 11.5. The summed E-state index contributed by atoms with van der Waals surface area (Å²) in [6, 6.07) is 0. The fourth-order valence-electron chi connectivity index (χ4n) is 0.846. The molecule has 2 rings (SSSR count). The molecule has 0 saturated heterocycles. The second-order valence-electron chi connectivity index (χ2n) is 2.34. The molecule has 0 bridgehead atoms. The van der Waals surface area contributed by atoms with Crippen molar-refractivity contribution in [3.8, 4) is 0 Å². The van der Waals surface area contributed by atoms with E-state index in [2.05, 4.69) is 18.9 Å². The van der Waals surface area contributed by atoms with E-state index in [-0.39, 0.29) is 11.5 Å². The highest BCUT2D eigenvalue weighted by molar-refractivity contribution is 6.99. The van der Waals surface area contributed by atoms with Crippen LogP contribution in [0.2, 0.25) is 0 Å². The van der Waals surface area contributed by atoms with Crippen molar-refractivity contribution in [2.24, 2.45) is 7.05 Å².